The first-order valence-corrected chi connectivity index (χ1v) is 11.1. The highest BCUT2D eigenvalue weighted by Gasteiger charge is 2.48. The molecule has 1 amide bonds. The summed E-state index contributed by atoms with van der Waals surface area (Å²) >= 11 is 0. The molecule has 1 unspecified atom stereocenters. The van der Waals surface area contributed by atoms with Gasteiger partial charge in [-0.2, -0.15) is 4.79 Å². The molecule has 0 aromatic heterocycles. The quantitative estimate of drug-likeness (QED) is 0.552. The molecule has 3 aromatic rings. The zero-order valence-corrected chi connectivity index (χ0v) is 17.6. The first-order chi connectivity index (χ1) is 15.3. The molecular weight excluding hydrogens is 430 g/mol. The van der Waals surface area contributed by atoms with E-state index in [0.29, 0.717) is 23.6 Å². The summed E-state index contributed by atoms with van der Waals surface area (Å²) in [6.07, 6.45) is 1.79. The van der Waals surface area contributed by atoms with Crippen LogP contribution in [0.4, 0.5) is 10.5 Å². The second-order valence-electron chi connectivity index (χ2n) is 7.07. The molecule has 0 radical (unpaired) electrons. The van der Waals surface area contributed by atoms with E-state index in [2.05, 4.69) is 5.10 Å². The fraction of sp³-hybridized carbons (Fsp3) is 0.0435. The summed E-state index contributed by atoms with van der Waals surface area (Å²) < 4.78 is 28.0. The molecule has 1 aliphatic rings. The smallest absolute Gasteiger partial charge is 0.489 e. The van der Waals surface area contributed by atoms with Crippen LogP contribution in [0, 0.1) is 0 Å². The SMILES string of the molecule is NS(=O)(=O)c1ccc([N+]2(C(=O)O)N=CC=C2c2ccc(OCc3ccccc3)cc2)cc1. The van der Waals surface area contributed by atoms with Gasteiger partial charge in [0.15, 0.2) is 11.4 Å². The highest BCUT2D eigenvalue weighted by molar-refractivity contribution is 7.89. The molecule has 4 rings (SSSR count). The van der Waals surface area contributed by atoms with Gasteiger partial charge in [0.2, 0.25) is 10.0 Å². The van der Waals surface area contributed by atoms with Crippen LogP contribution in [-0.2, 0) is 16.6 Å². The number of allylic oxidation sites excluding steroid dienone is 1. The molecule has 1 heterocycles. The van der Waals surface area contributed by atoms with Crippen LogP contribution < -0.4 is 14.5 Å². The van der Waals surface area contributed by atoms with Gasteiger partial charge < -0.3 is 9.84 Å². The average molecular weight is 450 g/mol. The maximum absolute atomic E-state index is 12.4. The molecule has 3 N–H and O–H groups in total. The number of rotatable bonds is 6. The number of primary sulfonamides is 1. The number of hydrogen-bond acceptors (Lipinski definition) is 5. The molecule has 1 aliphatic heterocycles. The first-order valence-electron chi connectivity index (χ1n) is 9.60. The maximum atomic E-state index is 12.4. The Morgan fingerprint density at radius 1 is 0.969 bits per heavy atom. The molecule has 3 aromatic carbocycles. The van der Waals surface area contributed by atoms with Crippen molar-refractivity contribution in [1.82, 2.24) is 4.59 Å². The Kier molecular flexibility index (Phi) is 5.62. The van der Waals surface area contributed by atoms with Crippen LogP contribution in [0.15, 0.2) is 94.9 Å². The Morgan fingerprint density at radius 2 is 1.62 bits per heavy atom. The third-order valence-electron chi connectivity index (χ3n) is 5.04. The van der Waals surface area contributed by atoms with E-state index >= 15 is 0 Å². The van der Waals surface area contributed by atoms with E-state index in [9.17, 15) is 18.3 Å². The summed E-state index contributed by atoms with van der Waals surface area (Å²) in [6.45, 7) is 0.414. The molecule has 0 saturated heterocycles. The van der Waals surface area contributed by atoms with Crippen molar-refractivity contribution < 1.29 is 23.1 Å². The summed E-state index contributed by atoms with van der Waals surface area (Å²) in [5.41, 5.74) is 2.32. The zero-order valence-electron chi connectivity index (χ0n) is 16.8. The van der Waals surface area contributed by atoms with Crippen LogP contribution in [0.1, 0.15) is 11.1 Å². The van der Waals surface area contributed by atoms with Crippen LogP contribution >= 0.6 is 0 Å². The van der Waals surface area contributed by atoms with E-state index in [0.717, 1.165) is 5.56 Å². The van der Waals surface area contributed by atoms with Gasteiger partial charge in [0.1, 0.15) is 12.4 Å². The first kappa shape index (κ1) is 21.4. The van der Waals surface area contributed by atoms with E-state index in [1.165, 1.54) is 30.5 Å². The molecule has 0 bridgehead atoms. The van der Waals surface area contributed by atoms with Crippen molar-refractivity contribution in [3.05, 3.63) is 96.1 Å². The van der Waals surface area contributed by atoms with Gasteiger partial charge in [-0.1, -0.05) is 35.4 Å². The molecular formula is C23H20N3O5S+. The molecule has 0 fully saturated rings. The molecule has 0 spiro atoms. The Labute approximate surface area is 185 Å². The lowest BCUT2D eigenvalue weighted by atomic mass is 10.1. The summed E-state index contributed by atoms with van der Waals surface area (Å²) in [7, 11) is -3.90. The van der Waals surface area contributed by atoms with Crippen molar-refractivity contribution in [2.24, 2.45) is 10.2 Å². The minimum Gasteiger partial charge on any atom is -0.489 e. The monoisotopic (exact) mass is 450 g/mol. The Morgan fingerprint density at radius 3 is 2.22 bits per heavy atom. The molecule has 9 heteroatoms. The normalized spacial score (nSPS) is 17.7. The van der Waals surface area contributed by atoms with E-state index in [1.807, 2.05) is 30.3 Å². The summed E-state index contributed by atoms with van der Waals surface area (Å²) in [6, 6.07) is 22.1. The fourth-order valence-corrected chi connectivity index (χ4v) is 3.96. The number of carboxylic acid groups (broad SMARTS) is 1. The van der Waals surface area contributed by atoms with Crippen molar-refractivity contribution in [3.63, 3.8) is 0 Å². The van der Waals surface area contributed by atoms with E-state index in [4.69, 9.17) is 9.88 Å². The number of carbonyl (C=O) groups is 1. The predicted octanol–water partition coefficient (Wildman–Crippen LogP) is 3.94. The number of amides is 1. The Balaban J connectivity index is 1.61. The van der Waals surface area contributed by atoms with Crippen LogP contribution in [-0.4, -0.2) is 25.8 Å². The number of sulfonamides is 1. The second-order valence-corrected chi connectivity index (χ2v) is 8.63. The van der Waals surface area contributed by atoms with Crippen LogP contribution in [0.5, 0.6) is 5.75 Å². The van der Waals surface area contributed by atoms with E-state index < -0.39 is 20.7 Å². The van der Waals surface area contributed by atoms with E-state index in [-0.39, 0.29) is 10.6 Å². The maximum Gasteiger partial charge on any atom is 0.551 e. The van der Waals surface area contributed by atoms with Gasteiger partial charge in [-0.05, 0) is 46.6 Å². The number of benzene rings is 3. The van der Waals surface area contributed by atoms with Gasteiger partial charge in [-0.25, -0.2) is 13.6 Å². The van der Waals surface area contributed by atoms with Crippen LogP contribution in [0.2, 0.25) is 0 Å². The standard InChI is InChI=1S/C23H19N3O5S/c24-32(29,30)21-12-8-19(9-13-21)26(23(27)28)22(14-15-25-26)18-6-10-20(11-7-18)31-16-17-4-2-1-3-5-17/h1-15H,16H2,(H2-,24,27,28,29,30)/p+1. The van der Waals surface area contributed by atoms with Gasteiger partial charge in [0, 0.05) is 23.8 Å². The van der Waals surface area contributed by atoms with Crippen LogP contribution in [0.3, 0.4) is 0 Å². The second kappa shape index (κ2) is 8.39. The zero-order chi connectivity index (χ0) is 22.8. The molecule has 0 saturated carbocycles. The third-order valence-corrected chi connectivity index (χ3v) is 5.96. The molecule has 162 valence electrons. The van der Waals surface area contributed by atoms with Gasteiger partial charge in [0.25, 0.3) is 0 Å². The van der Waals surface area contributed by atoms with Gasteiger partial charge in [0.05, 0.1) is 11.1 Å². The van der Waals surface area contributed by atoms with Crippen molar-refractivity contribution in [2.75, 3.05) is 0 Å². The van der Waals surface area contributed by atoms with Crippen molar-refractivity contribution in [3.8, 4) is 5.75 Å². The minimum absolute atomic E-state index is 0.113. The molecule has 32 heavy (non-hydrogen) atoms. The largest absolute Gasteiger partial charge is 0.551 e. The topological polar surface area (TPSA) is 119 Å². The summed E-state index contributed by atoms with van der Waals surface area (Å²) in [5, 5.41) is 19.4. The molecule has 0 aliphatic carbocycles. The minimum atomic E-state index is -3.90. The third kappa shape index (κ3) is 4.04. The lowest BCUT2D eigenvalue weighted by molar-refractivity contribution is 0.168. The number of nitrogens with two attached hydrogens (primary N) is 1. The Hall–Kier alpha value is -3.79. The highest BCUT2D eigenvalue weighted by atomic mass is 32.2. The number of quaternary nitrogens is 1. The van der Waals surface area contributed by atoms with Gasteiger partial charge >= 0.3 is 6.09 Å². The van der Waals surface area contributed by atoms with Crippen molar-refractivity contribution >= 4 is 33.7 Å². The van der Waals surface area contributed by atoms with Crippen molar-refractivity contribution in [2.45, 2.75) is 11.5 Å². The lowest BCUT2D eigenvalue weighted by Gasteiger charge is -2.24. The van der Waals surface area contributed by atoms with Crippen molar-refractivity contribution in [1.29, 1.82) is 0 Å². The van der Waals surface area contributed by atoms with Gasteiger partial charge in [-0.3, -0.25) is 0 Å². The summed E-state index contributed by atoms with van der Waals surface area (Å²) in [4.78, 5) is 12.3. The van der Waals surface area contributed by atoms with Gasteiger partial charge in [-0.15, -0.1) is 0 Å². The molecule has 1 atom stereocenters. The fourth-order valence-electron chi connectivity index (χ4n) is 3.44. The number of hydrogen-bond donors (Lipinski definition) is 2. The highest BCUT2D eigenvalue weighted by Crippen LogP contribution is 2.39. The van der Waals surface area contributed by atoms with E-state index in [1.54, 1.807) is 30.3 Å². The summed E-state index contributed by atoms with van der Waals surface area (Å²) in [5.74, 6) is 0.642. The number of nitrogens with zero attached hydrogens (tertiary/aromatic N) is 2. The predicted molar refractivity (Wildman–Crippen MR) is 121 cm³/mol. The van der Waals surface area contributed by atoms with Crippen LogP contribution in [0.25, 0.3) is 5.70 Å². The number of ether oxygens (including phenoxy) is 1. The average Bonchev–Trinajstić information content (AvgIpc) is 3.25. The molecule has 8 nitrogen and oxygen atoms in total. The lowest BCUT2D eigenvalue weighted by Crippen LogP contribution is -2.45. The Bertz CT molecular complexity index is 1300.